The summed E-state index contributed by atoms with van der Waals surface area (Å²) < 4.78 is 1.89. The highest BCUT2D eigenvalue weighted by Gasteiger charge is 2.25. The number of aryl methyl sites for hydroxylation is 1. The van der Waals surface area contributed by atoms with Crippen molar-refractivity contribution in [3.63, 3.8) is 0 Å². The molecule has 112 valence electrons. The maximum absolute atomic E-state index is 12.7. The Morgan fingerprint density at radius 3 is 3.00 bits per heavy atom. The van der Waals surface area contributed by atoms with Gasteiger partial charge in [0.15, 0.2) is 0 Å². The van der Waals surface area contributed by atoms with E-state index in [2.05, 4.69) is 12.0 Å². The molecule has 1 amide bonds. The molecule has 0 radical (unpaired) electrons. The lowest BCUT2D eigenvalue weighted by Crippen LogP contribution is -2.38. The van der Waals surface area contributed by atoms with Gasteiger partial charge in [0.1, 0.15) is 0 Å². The minimum atomic E-state index is 0.135. The zero-order chi connectivity index (χ0) is 14.5. The summed E-state index contributed by atoms with van der Waals surface area (Å²) in [7, 11) is 0. The van der Waals surface area contributed by atoms with Crippen LogP contribution in [-0.4, -0.2) is 39.7 Å². The predicted molar refractivity (Wildman–Crippen MR) is 79.6 cm³/mol. The highest BCUT2D eigenvalue weighted by molar-refractivity contribution is 5.95. The van der Waals surface area contributed by atoms with E-state index in [1.54, 1.807) is 6.20 Å². The first-order chi connectivity index (χ1) is 9.65. The Labute approximate surface area is 121 Å². The molecule has 0 bridgehead atoms. The summed E-state index contributed by atoms with van der Waals surface area (Å²) in [5.41, 5.74) is 7.23. The highest BCUT2D eigenvalue weighted by atomic mass is 16.2. The van der Waals surface area contributed by atoms with Gasteiger partial charge in [0.2, 0.25) is 0 Å². The van der Waals surface area contributed by atoms with Crippen LogP contribution in [0.3, 0.4) is 0 Å². The standard InChI is InChI=1S/C15H26N4O/c1-12-7-4-3-5-9-18(12)15(20)14-11-17-19(13(14)2)10-6-8-16/h11-12H,3-10,16H2,1-2H3. The average Bonchev–Trinajstić information content (AvgIpc) is 2.66. The van der Waals surface area contributed by atoms with Gasteiger partial charge < -0.3 is 10.6 Å². The van der Waals surface area contributed by atoms with E-state index in [0.717, 1.165) is 43.6 Å². The van der Waals surface area contributed by atoms with Crippen molar-refractivity contribution >= 4 is 5.91 Å². The summed E-state index contributed by atoms with van der Waals surface area (Å²) in [5.74, 6) is 0.135. The number of rotatable bonds is 4. The van der Waals surface area contributed by atoms with Crippen LogP contribution in [0.5, 0.6) is 0 Å². The minimum Gasteiger partial charge on any atom is -0.336 e. The van der Waals surface area contributed by atoms with Crippen LogP contribution in [0.1, 0.15) is 55.1 Å². The fraction of sp³-hybridized carbons (Fsp3) is 0.733. The molecule has 2 N–H and O–H groups in total. The Hall–Kier alpha value is -1.36. The third-order valence-electron chi connectivity index (χ3n) is 4.22. The molecule has 1 unspecified atom stereocenters. The second-order valence-corrected chi connectivity index (χ2v) is 5.71. The Bertz CT molecular complexity index is 455. The lowest BCUT2D eigenvalue weighted by Gasteiger charge is -2.27. The molecule has 1 aliphatic rings. The number of likely N-dealkylation sites (tertiary alicyclic amines) is 1. The molecule has 2 rings (SSSR count). The molecule has 1 aliphatic heterocycles. The highest BCUT2D eigenvalue weighted by Crippen LogP contribution is 2.20. The van der Waals surface area contributed by atoms with Crippen LogP contribution in [0, 0.1) is 6.92 Å². The SMILES string of the molecule is Cc1c(C(=O)N2CCCCCC2C)cnn1CCCN. The van der Waals surface area contributed by atoms with Gasteiger partial charge in [0.05, 0.1) is 11.8 Å². The number of carbonyl (C=O) groups excluding carboxylic acids is 1. The lowest BCUT2D eigenvalue weighted by molar-refractivity contribution is 0.0697. The average molecular weight is 278 g/mol. The lowest BCUT2D eigenvalue weighted by atomic mass is 10.1. The topological polar surface area (TPSA) is 64.2 Å². The van der Waals surface area contributed by atoms with Crippen LogP contribution >= 0.6 is 0 Å². The summed E-state index contributed by atoms with van der Waals surface area (Å²) in [6.45, 7) is 6.42. The van der Waals surface area contributed by atoms with E-state index in [9.17, 15) is 4.79 Å². The molecule has 20 heavy (non-hydrogen) atoms. The van der Waals surface area contributed by atoms with Crippen molar-refractivity contribution in [2.45, 2.75) is 58.5 Å². The largest absolute Gasteiger partial charge is 0.336 e. The van der Waals surface area contributed by atoms with E-state index in [0.29, 0.717) is 12.6 Å². The molecule has 1 saturated heterocycles. The second kappa shape index (κ2) is 6.88. The van der Waals surface area contributed by atoms with E-state index in [-0.39, 0.29) is 5.91 Å². The van der Waals surface area contributed by atoms with Crippen molar-refractivity contribution in [3.05, 3.63) is 17.5 Å². The smallest absolute Gasteiger partial charge is 0.257 e. The van der Waals surface area contributed by atoms with Gasteiger partial charge >= 0.3 is 0 Å². The summed E-state index contributed by atoms with van der Waals surface area (Å²) in [6, 6.07) is 0.330. The molecule has 1 fully saturated rings. The molecular formula is C15H26N4O. The van der Waals surface area contributed by atoms with Gasteiger partial charge in [0, 0.05) is 24.8 Å². The quantitative estimate of drug-likeness (QED) is 0.915. The molecule has 0 spiro atoms. The van der Waals surface area contributed by atoms with Crippen LogP contribution < -0.4 is 5.73 Å². The molecule has 0 aromatic carbocycles. The summed E-state index contributed by atoms with van der Waals surface area (Å²) in [4.78, 5) is 14.7. The van der Waals surface area contributed by atoms with E-state index in [1.165, 1.54) is 12.8 Å². The van der Waals surface area contributed by atoms with Gasteiger partial charge in [-0.15, -0.1) is 0 Å². The molecular weight excluding hydrogens is 252 g/mol. The Morgan fingerprint density at radius 2 is 2.25 bits per heavy atom. The molecule has 0 aliphatic carbocycles. The molecule has 1 aromatic heterocycles. The second-order valence-electron chi connectivity index (χ2n) is 5.71. The number of aromatic nitrogens is 2. The zero-order valence-electron chi connectivity index (χ0n) is 12.6. The van der Waals surface area contributed by atoms with Gasteiger partial charge in [-0.1, -0.05) is 12.8 Å². The van der Waals surface area contributed by atoms with E-state index >= 15 is 0 Å². The third-order valence-corrected chi connectivity index (χ3v) is 4.22. The molecule has 0 saturated carbocycles. The summed E-state index contributed by atoms with van der Waals surface area (Å²) in [5, 5.41) is 4.33. The normalized spacial score (nSPS) is 19.9. The van der Waals surface area contributed by atoms with Crippen molar-refractivity contribution in [2.75, 3.05) is 13.1 Å². The maximum Gasteiger partial charge on any atom is 0.257 e. The maximum atomic E-state index is 12.7. The van der Waals surface area contributed by atoms with Crippen molar-refractivity contribution < 1.29 is 4.79 Å². The number of nitrogens with zero attached hydrogens (tertiary/aromatic N) is 3. The van der Waals surface area contributed by atoms with Crippen molar-refractivity contribution in [3.8, 4) is 0 Å². The van der Waals surface area contributed by atoms with Crippen molar-refractivity contribution in [1.82, 2.24) is 14.7 Å². The fourth-order valence-electron chi connectivity index (χ4n) is 2.85. The van der Waals surface area contributed by atoms with E-state index < -0.39 is 0 Å². The number of carbonyl (C=O) groups is 1. The molecule has 1 aromatic rings. The van der Waals surface area contributed by atoms with Gasteiger partial charge in [0.25, 0.3) is 5.91 Å². The zero-order valence-corrected chi connectivity index (χ0v) is 12.6. The minimum absolute atomic E-state index is 0.135. The summed E-state index contributed by atoms with van der Waals surface area (Å²) in [6.07, 6.45) is 7.26. The number of hydrogen-bond acceptors (Lipinski definition) is 3. The monoisotopic (exact) mass is 278 g/mol. The number of amides is 1. The van der Waals surface area contributed by atoms with Gasteiger partial charge in [-0.05, 0) is 39.7 Å². The van der Waals surface area contributed by atoms with Crippen LogP contribution in [0.15, 0.2) is 6.20 Å². The van der Waals surface area contributed by atoms with Gasteiger partial charge in [-0.25, -0.2) is 0 Å². The van der Waals surface area contributed by atoms with E-state index in [1.807, 2.05) is 16.5 Å². The first-order valence-electron chi connectivity index (χ1n) is 7.68. The van der Waals surface area contributed by atoms with Gasteiger partial charge in [-0.2, -0.15) is 5.10 Å². The summed E-state index contributed by atoms with van der Waals surface area (Å²) >= 11 is 0. The molecule has 2 heterocycles. The molecule has 5 heteroatoms. The first-order valence-corrected chi connectivity index (χ1v) is 7.68. The Balaban J connectivity index is 2.13. The fourth-order valence-corrected chi connectivity index (χ4v) is 2.85. The van der Waals surface area contributed by atoms with Crippen molar-refractivity contribution in [2.24, 2.45) is 5.73 Å². The van der Waals surface area contributed by atoms with E-state index in [4.69, 9.17) is 5.73 Å². The molecule has 1 atom stereocenters. The Kier molecular flexibility index (Phi) is 5.17. The third kappa shape index (κ3) is 3.20. The van der Waals surface area contributed by atoms with Crippen LogP contribution in [-0.2, 0) is 6.54 Å². The first kappa shape index (κ1) is 15.0. The van der Waals surface area contributed by atoms with Crippen LogP contribution in [0.4, 0.5) is 0 Å². The van der Waals surface area contributed by atoms with Crippen molar-refractivity contribution in [1.29, 1.82) is 0 Å². The van der Waals surface area contributed by atoms with Crippen LogP contribution in [0.2, 0.25) is 0 Å². The number of nitrogens with two attached hydrogens (primary N) is 1. The Morgan fingerprint density at radius 1 is 1.45 bits per heavy atom. The molecule has 5 nitrogen and oxygen atoms in total. The van der Waals surface area contributed by atoms with Crippen LogP contribution in [0.25, 0.3) is 0 Å². The predicted octanol–water partition coefficient (Wildman–Crippen LogP) is 1.95. The van der Waals surface area contributed by atoms with Gasteiger partial charge in [-0.3, -0.25) is 9.48 Å². The number of hydrogen-bond donors (Lipinski definition) is 1.